The van der Waals surface area contributed by atoms with Crippen LogP contribution >= 0.6 is 11.8 Å². The van der Waals surface area contributed by atoms with Crippen LogP contribution in [0.15, 0.2) is 5.10 Å². The van der Waals surface area contributed by atoms with Gasteiger partial charge in [-0.25, -0.2) is 0 Å². The fourth-order valence-electron chi connectivity index (χ4n) is 0.289. The van der Waals surface area contributed by atoms with Gasteiger partial charge in [-0.1, -0.05) is 13.8 Å². The average Bonchev–Trinajstić information content (AvgIpc) is 1.83. The molecule has 9 heavy (non-hydrogen) atoms. The topological polar surface area (TPSA) is 64.4 Å². The number of nitrogens with zero attached hydrogens (tertiary/aromatic N) is 1. The number of thioether (sulfide) groups is 1. The number of nitrogens with two attached hydrogens (primary N) is 2. The van der Waals surface area contributed by atoms with E-state index in [1.54, 1.807) is 11.8 Å². The van der Waals surface area contributed by atoms with E-state index in [1.807, 2.05) is 0 Å². The van der Waals surface area contributed by atoms with E-state index in [1.165, 1.54) is 0 Å². The first-order valence-corrected chi connectivity index (χ1v) is 3.85. The van der Waals surface area contributed by atoms with Crippen molar-refractivity contribution in [2.24, 2.45) is 16.7 Å². The lowest BCUT2D eigenvalue weighted by atomic mass is 10.6. The largest absolute Gasteiger partial charge is 0.385 e. The van der Waals surface area contributed by atoms with Crippen molar-refractivity contribution in [3.05, 3.63) is 0 Å². The Kier molecular flexibility index (Phi) is 4.30. The highest BCUT2D eigenvalue weighted by molar-refractivity contribution is 8.00. The molecule has 0 aliphatic heterocycles. The van der Waals surface area contributed by atoms with E-state index < -0.39 is 0 Å². The van der Waals surface area contributed by atoms with Gasteiger partial charge in [-0.3, -0.25) is 0 Å². The third-order valence-corrected chi connectivity index (χ3v) is 1.86. The van der Waals surface area contributed by atoms with Gasteiger partial charge in [-0.15, -0.1) is 0 Å². The van der Waals surface area contributed by atoms with Crippen molar-refractivity contribution in [2.75, 3.05) is 5.75 Å². The molecule has 0 radical (unpaired) electrons. The highest BCUT2D eigenvalue weighted by atomic mass is 32.2. The number of hydrogen-bond donors (Lipinski definition) is 2. The first-order chi connectivity index (χ1) is 4.16. The molecule has 0 aliphatic carbocycles. The number of rotatable bonds is 3. The zero-order valence-electron chi connectivity index (χ0n) is 5.79. The quantitative estimate of drug-likeness (QED) is 0.262. The van der Waals surface area contributed by atoms with Crippen LogP contribution in [0.1, 0.15) is 13.8 Å². The van der Waals surface area contributed by atoms with Crippen LogP contribution in [0.4, 0.5) is 0 Å². The summed E-state index contributed by atoms with van der Waals surface area (Å²) in [5, 5.41) is 3.92. The Bertz CT molecular complexity index is 100. The fourth-order valence-corrected chi connectivity index (χ4v) is 0.868. The van der Waals surface area contributed by atoms with Gasteiger partial charge in [-0.2, -0.15) is 16.9 Å². The van der Waals surface area contributed by atoms with Gasteiger partial charge in [0.2, 0.25) is 0 Å². The third-order valence-electron chi connectivity index (χ3n) is 0.730. The molecule has 0 aliphatic rings. The van der Waals surface area contributed by atoms with Crippen LogP contribution in [0.2, 0.25) is 0 Å². The highest BCUT2D eigenvalue weighted by Gasteiger charge is 1.95. The summed E-state index contributed by atoms with van der Waals surface area (Å²) in [6.07, 6.45) is 0. The summed E-state index contributed by atoms with van der Waals surface area (Å²) in [6.45, 7) is 4.21. The molecule has 0 fully saturated rings. The van der Waals surface area contributed by atoms with E-state index >= 15 is 0 Å². The van der Waals surface area contributed by atoms with E-state index in [4.69, 9.17) is 11.6 Å². The van der Waals surface area contributed by atoms with Crippen LogP contribution in [0, 0.1) is 0 Å². The molecule has 0 spiro atoms. The number of hydrogen-bond acceptors (Lipinski definition) is 3. The normalized spacial score (nSPS) is 12.6. The molecular weight excluding hydrogens is 134 g/mol. The minimum Gasteiger partial charge on any atom is -0.385 e. The predicted molar refractivity (Wildman–Crippen MR) is 43.4 cm³/mol. The van der Waals surface area contributed by atoms with E-state index in [2.05, 4.69) is 18.9 Å². The molecule has 0 unspecified atom stereocenters. The lowest BCUT2D eigenvalue weighted by Crippen LogP contribution is -2.17. The molecule has 4 N–H and O–H groups in total. The molecule has 3 nitrogen and oxygen atoms in total. The first kappa shape index (κ1) is 8.62. The van der Waals surface area contributed by atoms with Crippen molar-refractivity contribution < 1.29 is 0 Å². The summed E-state index contributed by atoms with van der Waals surface area (Å²) in [5.41, 5.74) is 5.33. The molecule has 4 heteroatoms. The number of hydrazone groups is 1. The molecule has 0 heterocycles. The maximum Gasteiger partial charge on any atom is 0.129 e. The second kappa shape index (κ2) is 4.49. The molecule has 0 amide bonds. The predicted octanol–water partition coefficient (Wildman–Crippen LogP) is 0.359. The van der Waals surface area contributed by atoms with Gasteiger partial charge in [0.25, 0.3) is 0 Å². The van der Waals surface area contributed by atoms with Gasteiger partial charge in [0.15, 0.2) is 0 Å². The van der Waals surface area contributed by atoms with E-state index in [0.29, 0.717) is 11.1 Å². The van der Waals surface area contributed by atoms with E-state index in [-0.39, 0.29) is 0 Å². The lowest BCUT2D eigenvalue weighted by Gasteiger charge is -2.01. The minimum atomic E-state index is 0.508. The van der Waals surface area contributed by atoms with Crippen molar-refractivity contribution in [1.29, 1.82) is 0 Å². The summed E-state index contributed by atoms with van der Waals surface area (Å²) < 4.78 is 0. The van der Waals surface area contributed by atoms with Gasteiger partial charge < -0.3 is 11.6 Å². The Labute approximate surface area is 59.9 Å². The van der Waals surface area contributed by atoms with Gasteiger partial charge in [0.05, 0.1) is 5.75 Å². The lowest BCUT2D eigenvalue weighted by molar-refractivity contribution is 1.11. The zero-order chi connectivity index (χ0) is 7.28. The standard InChI is InChI=1S/C5H13N3S/c1-4(2)9-3-5(6)8-7/h4H,3,7H2,1-2H3,(H2,6,8). The molecule has 0 aromatic heterocycles. The first-order valence-electron chi connectivity index (χ1n) is 2.80. The maximum absolute atomic E-state index is 5.33. The highest BCUT2D eigenvalue weighted by Crippen LogP contribution is 2.07. The van der Waals surface area contributed by atoms with Crippen LogP contribution in [0.5, 0.6) is 0 Å². The van der Waals surface area contributed by atoms with Crippen LogP contribution in [0.3, 0.4) is 0 Å². The van der Waals surface area contributed by atoms with Crippen molar-refractivity contribution in [2.45, 2.75) is 19.1 Å². The molecule has 0 bridgehead atoms. The van der Waals surface area contributed by atoms with Crippen LogP contribution in [0.25, 0.3) is 0 Å². The van der Waals surface area contributed by atoms with Crippen LogP contribution in [-0.2, 0) is 0 Å². The second-order valence-corrected chi connectivity index (χ2v) is 3.55. The van der Waals surface area contributed by atoms with Gasteiger partial charge in [0, 0.05) is 0 Å². The van der Waals surface area contributed by atoms with Crippen molar-refractivity contribution in [3.63, 3.8) is 0 Å². The molecule has 0 saturated heterocycles. The molecule has 0 aromatic rings. The second-order valence-electron chi connectivity index (χ2n) is 1.98. The summed E-state index contributed by atoms with van der Waals surface area (Å²) in [6, 6.07) is 0. The average molecular weight is 147 g/mol. The molecule has 0 atom stereocenters. The fraction of sp³-hybridized carbons (Fsp3) is 0.800. The Morgan fingerprint density at radius 1 is 1.67 bits per heavy atom. The molecular formula is C5H13N3S. The van der Waals surface area contributed by atoms with Gasteiger partial charge >= 0.3 is 0 Å². The SMILES string of the molecule is CC(C)SCC(N)=NN. The smallest absolute Gasteiger partial charge is 0.129 e. The maximum atomic E-state index is 5.33. The van der Waals surface area contributed by atoms with Crippen molar-refractivity contribution in [1.82, 2.24) is 0 Å². The molecule has 0 aromatic carbocycles. The third kappa shape index (κ3) is 5.49. The van der Waals surface area contributed by atoms with E-state index in [9.17, 15) is 0 Å². The summed E-state index contributed by atoms with van der Waals surface area (Å²) in [4.78, 5) is 0. The summed E-state index contributed by atoms with van der Waals surface area (Å²) >= 11 is 1.73. The van der Waals surface area contributed by atoms with Crippen LogP contribution < -0.4 is 11.6 Å². The minimum absolute atomic E-state index is 0.508. The van der Waals surface area contributed by atoms with Gasteiger partial charge in [0.1, 0.15) is 5.84 Å². The Balaban J connectivity index is 3.28. The molecule has 0 rings (SSSR count). The number of amidine groups is 1. The Morgan fingerprint density at radius 2 is 2.22 bits per heavy atom. The van der Waals surface area contributed by atoms with Crippen molar-refractivity contribution in [3.8, 4) is 0 Å². The zero-order valence-corrected chi connectivity index (χ0v) is 6.61. The molecule has 54 valence electrons. The molecule has 0 saturated carbocycles. The van der Waals surface area contributed by atoms with Gasteiger partial charge in [-0.05, 0) is 5.25 Å². The monoisotopic (exact) mass is 147 g/mol. The summed E-state index contributed by atoms with van der Waals surface area (Å²) in [7, 11) is 0. The Morgan fingerprint density at radius 3 is 2.56 bits per heavy atom. The summed E-state index contributed by atoms with van der Waals surface area (Å²) in [5.74, 6) is 6.15. The van der Waals surface area contributed by atoms with Crippen LogP contribution in [-0.4, -0.2) is 16.8 Å². The Hall–Kier alpha value is -0.380. The van der Waals surface area contributed by atoms with Crippen molar-refractivity contribution >= 4 is 17.6 Å². The van der Waals surface area contributed by atoms with E-state index in [0.717, 1.165) is 5.75 Å².